The summed E-state index contributed by atoms with van der Waals surface area (Å²) in [5, 5.41) is 8.25. The molecule has 35 valence electrons. The average Bonchev–Trinajstić information content (AvgIpc) is 1.72. The van der Waals surface area contributed by atoms with Crippen LogP contribution >= 0.6 is 0 Å². The van der Waals surface area contributed by atoms with Gasteiger partial charge in [0.1, 0.15) is 0 Å². The van der Waals surface area contributed by atoms with Crippen molar-refractivity contribution in [2.75, 3.05) is 7.11 Å². The molecule has 2 heteroatoms. The molecule has 0 saturated heterocycles. The van der Waals surface area contributed by atoms with Crippen LogP contribution in [-0.4, -0.2) is 11.7 Å². The van der Waals surface area contributed by atoms with Gasteiger partial charge in [-0.3, -0.25) is 0 Å². The molecule has 0 aromatic rings. The summed E-state index contributed by atoms with van der Waals surface area (Å²) in [6, 6.07) is 0. The van der Waals surface area contributed by atoms with Gasteiger partial charge in [0, 0.05) is 0 Å². The third kappa shape index (κ3) is 40.0. The number of hydrogen-bond acceptors (Lipinski definition) is 1. The van der Waals surface area contributed by atoms with Gasteiger partial charge in [-0.2, -0.15) is 7.11 Å². The molecule has 0 aliphatic heterocycles. The van der Waals surface area contributed by atoms with E-state index in [1.165, 1.54) is 0 Å². The van der Waals surface area contributed by atoms with E-state index in [4.69, 9.17) is 5.11 Å². The molecule has 0 spiro atoms. The Kier molecular flexibility index (Phi) is 32.0. The Labute approximate surface area is 45.4 Å². The summed E-state index contributed by atoms with van der Waals surface area (Å²) in [4.78, 5) is 0. The van der Waals surface area contributed by atoms with Crippen molar-refractivity contribution in [2.45, 2.75) is 0 Å². The predicted octanol–water partition coefficient (Wildman–Crippen LogP) is -0.748. The molecule has 0 N–H and O–H groups in total. The van der Waals surface area contributed by atoms with E-state index in [2.05, 4.69) is 32.5 Å². The van der Waals surface area contributed by atoms with E-state index in [1.807, 2.05) is 0 Å². The fourth-order valence-electron chi connectivity index (χ4n) is 0. The van der Waals surface area contributed by atoms with Crippen LogP contribution in [0.15, 0.2) is 12.3 Å². The predicted molar refractivity (Wildman–Crippen MR) is 20.1 cm³/mol. The van der Waals surface area contributed by atoms with Crippen LogP contribution < -0.4 is 5.11 Å². The number of hydrogen-bond donors (Lipinski definition) is 0. The smallest absolute Gasteiger partial charge is 0.153 e. The van der Waals surface area contributed by atoms with Crippen molar-refractivity contribution in [3.63, 3.8) is 0 Å². The molecule has 0 atom stereocenters. The molecule has 0 rings (SSSR count). The minimum atomic E-state index is 0.750. The van der Waals surface area contributed by atoms with Crippen molar-refractivity contribution in [1.29, 1.82) is 0 Å². The average molecular weight is 125 g/mol. The maximum absolute atomic E-state index is 8.25. The van der Waals surface area contributed by atoms with Crippen molar-refractivity contribution in [3.05, 3.63) is 12.3 Å². The maximum atomic E-state index is 8.25. The minimum absolute atomic E-state index is 0.750. The van der Waals surface area contributed by atoms with E-state index in [1.54, 1.807) is 0 Å². The molecule has 0 aliphatic rings. The van der Waals surface area contributed by atoms with E-state index < -0.39 is 0 Å². The zero-order valence-corrected chi connectivity index (χ0v) is 4.57. The first kappa shape index (κ1) is 9.32. The molecule has 0 radical (unpaired) electrons. The summed E-state index contributed by atoms with van der Waals surface area (Å²) in [5.74, 6) is 0. The molecule has 0 aromatic heterocycles. The second-order valence-electron chi connectivity index (χ2n) is 0.265. The topological polar surface area (TPSA) is 23.1 Å². The quantitative estimate of drug-likeness (QED) is 0.308. The van der Waals surface area contributed by atoms with Crippen LogP contribution in [-0.2, 0) is 15.6 Å². The summed E-state index contributed by atoms with van der Waals surface area (Å²) in [6.45, 7) is 3.18. The first-order valence-corrected chi connectivity index (χ1v) is 1.74. The van der Waals surface area contributed by atoms with Crippen LogP contribution in [0.25, 0.3) is 0 Å². The van der Waals surface area contributed by atoms with Crippen LogP contribution in [0, 0.1) is 0 Å². The van der Waals surface area contributed by atoms with Gasteiger partial charge in [0.05, 0.1) is 0 Å². The monoisotopic (exact) mass is 125 g/mol. The molecule has 0 aromatic carbocycles. The molecule has 6 heavy (non-hydrogen) atoms. The molecule has 0 heterocycles. The Bertz CT molecular complexity index is 57.6. The second kappa shape index (κ2) is 20.6. The summed E-state index contributed by atoms with van der Waals surface area (Å²) in [6.07, 6.45) is 0. The van der Waals surface area contributed by atoms with Crippen molar-refractivity contribution in [3.8, 4) is 0 Å². The van der Waals surface area contributed by atoms with E-state index in [-0.39, 0.29) is 0 Å². The molecular weight excluding hydrogens is 120 g/mol. The molecule has 0 unspecified atom stereocenters. The second-order valence-corrected chi connectivity index (χ2v) is 0.541. The van der Waals surface area contributed by atoms with Gasteiger partial charge < -0.3 is 5.11 Å². The van der Waals surface area contributed by atoms with Crippen LogP contribution in [0.5, 0.6) is 0 Å². The van der Waals surface area contributed by atoms with Gasteiger partial charge in [-0.15, -0.1) is 0 Å². The number of rotatable bonds is 0. The zero-order chi connectivity index (χ0) is 5.41. The molecule has 0 aliphatic carbocycles. The van der Waals surface area contributed by atoms with Crippen molar-refractivity contribution in [2.24, 2.45) is 0 Å². The fraction of sp³-hybridized carbons (Fsp3) is 0.250. The third-order valence-corrected chi connectivity index (χ3v) is 0.258. The molecule has 0 amide bonds. The van der Waals surface area contributed by atoms with Gasteiger partial charge in [-0.25, -0.2) is 0 Å². The molecule has 0 bridgehead atoms. The molecule has 1 nitrogen and oxygen atoms in total. The maximum Gasteiger partial charge on any atom is -0.153 e. The van der Waals surface area contributed by atoms with E-state index in [0.717, 1.165) is 7.11 Å². The fourth-order valence-corrected chi connectivity index (χ4v) is 0. The summed E-state index contributed by atoms with van der Waals surface area (Å²) >= 11 is 3.18. The van der Waals surface area contributed by atoms with Crippen LogP contribution in [0.3, 0.4) is 0 Å². The Morgan fingerprint density at radius 2 is 1.83 bits per heavy atom. The van der Waals surface area contributed by atoms with Crippen LogP contribution in [0.4, 0.5) is 0 Å². The van der Waals surface area contributed by atoms with Crippen LogP contribution in [0.2, 0.25) is 0 Å². The Hall–Kier alpha value is -0.0905. The normalized spacial score (nSPS) is 3.00. The Balaban J connectivity index is 0. The van der Waals surface area contributed by atoms with Gasteiger partial charge in [-0.1, -0.05) is 0 Å². The zero-order valence-electron chi connectivity index (χ0n) is 3.47. The standard InChI is InChI=1S/C3H2.CH3O.Fe/c1-3-2;1-2;/h1H2;1H3;/q;-1;+1. The SMILES string of the molecule is C=C=[C]=[Fe+].C[O-]. The third-order valence-electron chi connectivity index (χ3n) is 0.0625. The minimum Gasteiger partial charge on any atom is -0.857 e. The molecule has 0 saturated carbocycles. The van der Waals surface area contributed by atoms with Crippen molar-refractivity contribution in [1.82, 2.24) is 0 Å². The van der Waals surface area contributed by atoms with Gasteiger partial charge in [0.2, 0.25) is 0 Å². The van der Waals surface area contributed by atoms with Gasteiger partial charge in [0.25, 0.3) is 0 Å². The van der Waals surface area contributed by atoms with Gasteiger partial charge in [0.15, 0.2) is 0 Å². The van der Waals surface area contributed by atoms with Crippen LogP contribution in [0.1, 0.15) is 0 Å². The Morgan fingerprint density at radius 1 is 1.67 bits per heavy atom. The van der Waals surface area contributed by atoms with E-state index in [0.29, 0.717) is 0 Å². The summed E-state index contributed by atoms with van der Waals surface area (Å²) in [5.41, 5.74) is 2.32. The first-order valence-electron chi connectivity index (χ1n) is 1.19. The van der Waals surface area contributed by atoms with Crippen molar-refractivity contribution < 1.29 is 20.7 Å². The van der Waals surface area contributed by atoms with E-state index >= 15 is 0 Å². The summed E-state index contributed by atoms with van der Waals surface area (Å²) < 4.78 is 2.32. The summed E-state index contributed by atoms with van der Waals surface area (Å²) in [7, 11) is 0.750. The van der Waals surface area contributed by atoms with Gasteiger partial charge >= 0.3 is 32.5 Å². The largest absolute Gasteiger partial charge is 0.857 e. The van der Waals surface area contributed by atoms with Crippen molar-refractivity contribution >= 4 is 4.58 Å². The molecular formula is C4H5FeO. The Morgan fingerprint density at radius 3 is 1.83 bits per heavy atom. The van der Waals surface area contributed by atoms with Gasteiger partial charge in [-0.05, 0) is 0 Å². The van der Waals surface area contributed by atoms with E-state index in [9.17, 15) is 0 Å². The molecule has 0 fully saturated rings. The first-order chi connectivity index (χ1) is 2.91.